The largest absolute Gasteiger partial charge is 0.338 e. The van der Waals surface area contributed by atoms with Crippen molar-refractivity contribution in [1.29, 1.82) is 0 Å². The number of thiazole rings is 1. The van der Waals surface area contributed by atoms with Crippen LogP contribution in [0, 0.1) is 0 Å². The Labute approximate surface area is 111 Å². The summed E-state index contributed by atoms with van der Waals surface area (Å²) in [7, 11) is 2.01. The third kappa shape index (κ3) is 2.12. The molecule has 1 aromatic carbocycles. The number of nitrogens with zero attached hydrogens (tertiary/aromatic N) is 3. The van der Waals surface area contributed by atoms with Crippen LogP contribution in [0.5, 0.6) is 0 Å². The molecule has 0 radical (unpaired) electrons. The fourth-order valence-electron chi connectivity index (χ4n) is 1.72. The Morgan fingerprint density at radius 1 is 1.41 bits per heavy atom. The fourth-order valence-corrected chi connectivity index (χ4v) is 3.24. The highest BCUT2D eigenvalue weighted by Crippen LogP contribution is 2.26. The summed E-state index contributed by atoms with van der Waals surface area (Å²) in [4.78, 5) is 8.93. The van der Waals surface area contributed by atoms with Crippen LogP contribution >= 0.6 is 27.3 Å². The monoisotopic (exact) mass is 307 g/mol. The molecule has 0 spiro atoms. The number of imidazole rings is 1. The number of hydrogen-bond donors (Lipinski definition) is 0. The lowest BCUT2D eigenvalue weighted by atomic mass is 10.3. The van der Waals surface area contributed by atoms with Crippen molar-refractivity contribution in [3.8, 4) is 0 Å². The van der Waals surface area contributed by atoms with Crippen LogP contribution in [0.4, 0.5) is 0 Å². The van der Waals surface area contributed by atoms with Crippen molar-refractivity contribution in [2.45, 2.75) is 6.42 Å². The number of hydrogen-bond acceptors (Lipinski definition) is 3. The van der Waals surface area contributed by atoms with Gasteiger partial charge in [-0.05, 0) is 18.2 Å². The summed E-state index contributed by atoms with van der Waals surface area (Å²) < 4.78 is 4.34. The van der Waals surface area contributed by atoms with E-state index in [1.165, 1.54) is 4.70 Å². The molecule has 0 bridgehead atoms. The molecule has 5 heteroatoms. The van der Waals surface area contributed by atoms with Gasteiger partial charge < -0.3 is 4.57 Å². The smallest absolute Gasteiger partial charge is 0.115 e. The predicted octanol–water partition coefficient (Wildman–Crippen LogP) is 3.38. The van der Waals surface area contributed by atoms with Crippen LogP contribution in [0.15, 0.2) is 35.1 Å². The number of halogens is 1. The molecule has 0 aliphatic rings. The molecule has 0 atom stereocenters. The molecule has 0 saturated carbocycles. The van der Waals surface area contributed by atoms with Crippen molar-refractivity contribution in [2.75, 3.05) is 0 Å². The van der Waals surface area contributed by atoms with Crippen molar-refractivity contribution >= 4 is 37.5 Å². The lowest BCUT2D eigenvalue weighted by Crippen LogP contribution is -1.97. The summed E-state index contributed by atoms with van der Waals surface area (Å²) in [5.74, 6) is 1.04. The molecule has 0 unspecified atom stereocenters. The second-order valence-electron chi connectivity index (χ2n) is 3.85. The Morgan fingerprint density at radius 3 is 3.06 bits per heavy atom. The molecule has 0 fully saturated rings. The van der Waals surface area contributed by atoms with Crippen molar-refractivity contribution in [2.24, 2.45) is 7.05 Å². The quantitative estimate of drug-likeness (QED) is 0.726. The molecule has 0 N–H and O–H groups in total. The lowest BCUT2D eigenvalue weighted by molar-refractivity contribution is 0.820. The molecule has 3 rings (SSSR count). The zero-order valence-electron chi connectivity index (χ0n) is 9.22. The topological polar surface area (TPSA) is 30.7 Å². The maximum Gasteiger partial charge on any atom is 0.115 e. The first kappa shape index (κ1) is 10.9. The zero-order valence-corrected chi connectivity index (χ0v) is 11.6. The summed E-state index contributed by atoms with van der Waals surface area (Å²) in [6.45, 7) is 0. The van der Waals surface area contributed by atoms with Crippen LogP contribution in [0.25, 0.3) is 10.2 Å². The molecule has 0 amide bonds. The Bertz CT molecular complexity index is 671. The van der Waals surface area contributed by atoms with Crippen LogP contribution in [-0.2, 0) is 13.5 Å². The van der Waals surface area contributed by atoms with E-state index in [4.69, 9.17) is 0 Å². The Kier molecular flexibility index (Phi) is 2.72. The number of rotatable bonds is 2. The van der Waals surface area contributed by atoms with Gasteiger partial charge in [-0.15, -0.1) is 11.3 Å². The van der Waals surface area contributed by atoms with Crippen LogP contribution in [0.3, 0.4) is 0 Å². The molecule has 2 aromatic heterocycles. The Hall–Kier alpha value is -1.20. The third-order valence-electron chi connectivity index (χ3n) is 2.63. The molecule has 0 aliphatic carbocycles. The Morgan fingerprint density at radius 2 is 2.29 bits per heavy atom. The second-order valence-corrected chi connectivity index (χ2v) is 5.88. The van der Waals surface area contributed by atoms with Gasteiger partial charge in [0.1, 0.15) is 10.8 Å². The minimum Gasteiger partial charge on any atom is -0.338 e. The van der Waals surface area contributed by atoms with E-state index < -0.39 is 0 Å². The van der Waals surface area contributed by atoms with Gasteiger partial charge in [0.2, 0.25) is 0 Å². The van der Waals surface area contributed by atoms with Crippen molar-refractivity contribution in [3.63, 3.8) is 0 Å². The normalized spacial score (nSPS) is 11.2. The average molecular weight is 308 g/mol. The van der Waals surface area contributed by atoms with Crippen LogP contribution in [0.1, 0.15) is 10.8 Å². The Balaban J connectivity index is 1.99. The number of aromatic nitrogens is 3. The number of benzene rings is 1. The van der Waals surface area contributed by atoms with Gasteiger partial charge in [0.15, 0.2) is 0 Å². The van der Waals surface area contributed by atoms with E-state index in [9.17, 15) is 0 Å². The summed E-state index contributed by atoms with van der Waals surface area (Å²) in [6, 6.07) is 6.17. The molecule has 17 heavy (non-hydrogen) atoms. The molecule has 3 nitrogen and oxygen atoms in total. The molecule has 86 valence electrons. The van der Waals surface area contributed by atoms with E-state index in [1.54, 1.807) is 11.3 Å². The van der Waals surface area contributed by atoms with Crippen LogP contribution in [0.2, 0.25) is 0 Å². The van der Waals surface area contributed by atoms with Crippen molar-refractivity contribution < 1.29 is 0 Å². The highest BCUT2D eigenvalue weighted by molar-refractivity contribution is 9.10. The van der Waals surface area contributed by atoms with Gasteiger partial charge in [-0.1, -0.05) is 15.9 Å². The predicted molar refractivity (Wildman–Crippen MR) is 73.3 cm³/mol. The van der Waals surface area contributed by atoms with Crippen LogP contribution < -0.4 is 0 Å². The van der Waals surface area contributed by atoms with Gasteiger partial charge in [0.25, 0.3) is 0 Å². The molecule has 2 heterocycles. The highest BCUT2D eigenvalue weighted by Gasteiger charge is 2.07. The van der Waals surface area contributed by atoms with E-state index in [-0.39, 0.29) is 0 Å². The van der Waals surface area contributed by atoms with Crippen molar-refractivity contribution in [1.82, 2.24) is 14.5 Å². The lowest BCUT2D eigenvalue weighted by Gasteiger charge is -1.97. The molecular weight excluding hydrogens is 298 g/mol. The standard InChI is InChI=1S/C12H10BrN3S/c1-16-5-4-14-11(16)7-12-15-9-3-2-8(13)6-10(9)17-12/h2-6H,7H2,1H3. The van der Waals surface area contributed by atoms with E-state index in [0.29, 0.717) is 0 Å². The first-order chi connectivity index (χ1) is 8.22. The first-order valence-corrected chi connectivity index (χ1v) is 6.84. The summed E-state index contributed by atoms with van der Waals surface area (Å²) >= 11 is 5.20. The van der Waals surface area contributed by atoms with Gasteiger partial charge in [-0.25, -0.2) is 9.97 Å². The number of fused-ring (bicyclic) bond motifs is 1. The minimum atomic E-state index is 0.792. The van der Waals surface area contributed by atoms with E-state index in [0.717, 1.165) is 27.2 Å². The number of aryl methyl sites for hydroxylation is 1. The summed E-state index contributed by atoms with van der Waals surface area (Å²) in [5.41, 5.74) is 1.06. The first-order valence-electron chi connectivity index (χ1n) is 5.23. The fraction of sp³-hybridized carbons (Fsp3) is 0.167. The van der Waals surface area contributed by atoms with Crippen molar-refractivity contribution in [3.05, 3.63) is 45.9 Å². The summed E-state index contributed by atoms with van der Waals surface area (Å²) in [5, 5.41) is 1.10. The van der Waals surface area contributed by atoms with E-state index in [2.05, 4.69) is 32.0 Å². The summed E-state index contributed by atoms with van der Waals surface area (Å²) in [6.07, 6.45) is 4.57. The second kappa shape index (κ2) is 4.23. The molecular formula is C12H10BrN3S. The molecule has 0 saturated heterocycles. The van der Waals surface area contributed by atoms with Gasteiger partial charge in [0.05, 0.1) is 16.6 Å². The molecule has 3 aromatic rings. The average Bonchev–Trinajstić information content (AvgIpc) is 2.85. The highest BCUT2D eigenvalue weighted by atomic mass is 79.9. The SMILES string of the molecule is Cn1ccnc1Cc1nc2ccc(Br)cc2s1. The van der Waals surface area contributed by atoms with Gasteiger partial charge in [0, 0.05) is 23.9 Å². The minimum absolute atomic E-state index is 0.792. The third-order valence-corrected chi connectivity index (χ3v) is 4.14. The maximum absolute atomic E-state index is 4.61. The maximum atomic E-state index is 4.61. The van der Waals surface area contributed by atoms with E-state index in [1.807, 2.05) is 36.1 Å². The van der Waals surface area contributed by atoms with E-state index >= 15 is 0 Å². The zero-order chi connectivity index (χ0) is 11.8. The van der Waals surface area contributed by atoms with Gasteiger partial charge in [-0.2, -0.15) is 0 Å². The molecule has 0 aliphatic heterocycles. The van der Waals surface area contributed by atoms with Crippen LogP contribution in [-0.4, -0.2) is 14.5 Å². The van der Waals surface area contributed by atoms with Gasteiger partial charge in [-0.3, -0.25) is 0 Å². The van der Waals surface area contributed by atoms with Gasteiger partial charge >= 0.3 is 0 Å².